The van der Waals surface area contributed by atoms with E-state index in [0.29, 0.717) is 17.6 Å². The number of hydrogen-bond acceptors (Lipinski definition) is 2. The van der Waals surface area contributed by atoms with Gasteiger partial charge in [0.1, 0.15) is 5.82 Å². The summed E-state index contributed by atoms with van der Waals surface area (Å²) in [6, 6.07) is 5.12. The van der Waals surface area contributed by atoms with Crippen molar-refractivity contribution in [3.8, 4) is 0 Å². The molecule has 2 rings (SSSR count). The molecule has 2 nitrogen and oxygen atoms in total. The fourth-order valence-corrected chi connectivity index (χ4v) is 2.52. The maximum Gasteiger partial charge on any atom is 0.137 e. The van der Waals surface area contributed by atoms with E-state index < -0.39 is 0 Å². The minimum Gasteiger partial charge on any atom is -0.381 e. The van der Waals surface area contributed by atoms with Crippen molar-refractivity contribution in [3.05, 3.63) is 34.1 Å². The molecule has 1 fully saturated rings. The molecule has 1 aromatic rings. The quantitative estimate of drug-likeness (QED) is 0.927. The van der Waals surface area contributed by atoms with Gasteiger partial charge >= 0.3 is 0 Å². The summed E-state index contributed by atoms with van der Waals surface area (Å²) in [5, 5.41) is 0. The van der Waals surface area contributed by atoms with E-state index in [1.807, 2.05) is 6.07 Å². The summed E-state index contributed by atoms with van der Waals surface area (Å²) in [7, 11) is 0. The first-order valence-corrected chi connectivity index (χ1v) is 6.17. The van der Waals surface area contributed by atoms with E-state index in [9.17, 15) is 4.39 Å². The zero-order valence-corrected chi connectivity index (χ0v) is 10.6. The van der Waals surface area contributed by atoms with E-state index in [2.05, 4.69) is 15.9 Å². The van der Waals surface area contributed by atoms with Crippen molar-refractivity contribution in [2.45, 2.75) is 12.8 Å². The third-order valence-corrected chi connectivity index (χ3v) is 4.10. The van der Waals surface area contributed by atoms with Crippen LogP contribution in [0.25, 0.3) is 0 Å². The number of nitrogens with two attached hydrogens (primary N) is 1. The minimum atomic E-state index is -0.219. The molecule has 1 heterocycles. The summed E-state index contributed by atoms with van der Waals surface area (Å²) < 4.78 is 19.3. The van der Waals surface area contributed by atoms with Gasteiger partial charge in [0, 0.05) is 18.6 Å². The van der Waals surface area contributed by atoms with Gasteiger partial charge in [-0.25, -0.2) is 4.39 Å². The molecule has 0 aromatic heterocycles. The fourth-order valence-electron chi connectivity index (χ4n) is 2.11. The summed E-state index contributed by atoms with van der Waals surface area (Å²) in [5.74, 6) is -0.219. The monoisotopic (exact) mass is 287 g/mol. The van der Waals surface area contributed by atoms with Crippen LogP contribution in [0.15, 0.2) is 22.7 Å². The Labute approximate surface area is 103 Å². The first-order chi connectivity index (χ1) is 7.67. The van der Waals surface area contributed by atoms with Crippen LogP contribution in [-0.4, -0.2) is 19.8 Å². The molecule has 4 heteroatoms. The molecule has 0 amide bonds. The lowest BCUT2D eigenvalue weighted by Crippen LogP contribution is -2.33. The minimum absolute atomic E-state index is 0.0175. The maximum atomic E-state index is 13.4. The highest BCUT2D eigenvalue weighted by Gasteiger charge is 2.34. The Balaban J connectivity index is 2.22. The first-order valence-electron chi connectivity index (χ1n) is 5.38. The van der Waals surface area contributed by atoms with E-state index in [1.54, 1.807) is 6.07 Å². The van der Waals surface area contributed by atoms with Crippen molar-refractivity contribution in [2.24, 2.45) is 11.1 Å². The van der Waals surface area contributed by atoms with Crippen molar-refractivity contribution in [3.63, 3.8) is 0 Å². The van der Waals surface area contributed by atoms with Crippen LogP contribution >= 0.6 is 15.9 Å². The number of rotatable bonds is 3. The van der Waals surface area contributed by atoms with Gasteiger partial charge < -0.3 is 10.5 Å². The van der Waals surface area contributed by atoms with Gasteiger partial charge in [0.2, 0.25) is 0 Å². The second-order valence-corrected chi connectivity index (χ2v) is 5.19. The van der Waals surface area contributed by atoms with Crippen LogP contribution in [0.2, 0.25) is 0 Å². The average molecular weight is 288 g/mol. The summed E-state index contributed by atoms with van der Waals surface area (Å²) >= 11 is 3.28. The lowest BCUT2D eigenvalue weighted by atomic mass is 9.81. The molecule has 1 aliphatic heterocycles. The van der Waals surface area contributed by atoms with E-state index in [1.165, 1.54) is 6.07 Å². The summed E-state index contributed by atoms with van der Waals surface area (Å²) in [4.78, 5) is 0. The second-order valence-electron chi connectivity index (χ2n) is 4.40. The SMILES string of the molecule is NCC1(Cc2cccc(F)c2Br)CCOC1. The predicted molar refractivity (Wildman–Crippen MR) is 64.7 cm³/mol. The van der Waals surface area contributed by atoms with Gasteiger partial charge in [-0.1, -0.05) is 12.1 Å². The zero-order chi connectivity index (χ0) is 11.6. The summed E-state index contributed by atoms with van der Waals surface area (Å²) in [6.07, 6.45) is 1.72. The van der Waals surface area contributed by atoms with Gasteiger partial charge in [0.25, 0.3) is 0 Å². The maximum absolute atomic E-state index is 13.4. The second kappa shape index (κ2) is 4.82. The average Bonchev–Trinajstić information content (AvgIpc) is 2.74. The number of hydrogen-bond donors (Lipinski definition) is 1. The Morgan fingerprint density at radius 3 is 2.94 bits per heavy atom. The molecule has 0 radical (unpaired) electrons. The molecular formula is C12H15BrFNO. The highest BCUT2D eigenvalue weighted by Crippen LogP contribution is 2.34. The molecule has 1 aliphatic rings. The van der Waals surface area contributed by atoms with Gasteiger partial charge in [-0.05, 0) is 40.4 Å². The Kier molecular flexibility index (Phi) is 3.62. The van der Waals surface area contributed by atoms with Crippen molar-refractivity contribution in [1.29, 1.82) is 0 Å². The highest BCUT2D eigenvalue weighted by atomic mass is 79.9. The Hall–Kier alpha value is -0.450. The zero-order valence-electron chi connectivity index (χ0n) is 9.01. The van der Waals surface area contributed by atoms with Crippen LogP contribution in [-0.2, 0) is 11.2 Å². The van der Waals surface area contributed by atoms with Crippen LogP contribution in [0, 0.1) is 11.2 Å². The van der Waals surface area contributed by atoms with Crippen molar-refractivity contribution >= 4 is 15.9 Å². The standard InChI is InChI=1S/C12H15BrFNO/c13-11-9(2-1-3-10(11)14)6-12(7-15)4-5-16-8-12/h1-3H,4-8,15H2. The molecule has 1 atom stereocenters. The fraction of sp³-hybridized carbons (Fsp3) is 0.500. The molecule has 0 saturated carbocycles. The van der Waals surface area contributed by atoms with Gasteiger partial charge in [-0.3, -0.25) is 0 Å². The first kappa shape index (κ1) is 12.0. The van der Waals surface area contributed by atoms with E-state index >= 15 is 0 Å². The molecule has 16 heavy (non-hydrogen) atoms. The molecule has 1 unspecified atom stereocenters. The lowest BCUT2D eigenvalue weighted by molar-refractivity contribution is 0.154. The van der Waals surface area contributed by atoms with E-state index in [-0.39, 0.29) is 11.2 Å². The molecule has 0 spiro atoms. The van der Waals surface area contributed by atoms with Crippen molar-refractivity contribution < 1.29 is 9.13 Å². The summed E-state index contributed by atoms with van der Waals surface area (Å²) in [5.41, 5.74) is 6.77. The normalized spacial score (nSPS) is 24.9. The van der Waals surface area contributed by atoms with Crippen molar-refractivity contribution in [2.75, 3.05) is 19.8 Å². The largest absolute Gasteiger partial charge is 0.381 e. The van der Waals surface area contributed by atoms with Crippen LogP contribution in [0.3, 0.4) is 0 Å². The molecule has 0 aliphatic carbocycles. The smallest absolute Gasteiger partial charge is 0.137 e. The van der Waals surface area contributed by atoms with Crippen LogP contribution < -0.4 is 5.73 Å². The number of halogens is 2. The van der Waals surface area contributed by atoms with Crippen LogP contribution in [0.1, 0.15) is 12.0 Å². The van der Waals surface area contributed by atoms with Gasteiger partial charge in [-0.15, -0.1) is 0 Å². The highest BCUT2D eigenvalue weighted by molar-refractivity contribution is 9.10. The van der Waals surface area contributed by atoms with E-state index in [4.69, 9.17) is 10.5 Å². The van der Waals surface area contributed by atoms with Gasteiger partial charge in [0.05, 0.1) is 11.1 Å². The lowest BCUT2D eigenvalue weighted by Gasteiger charge is -2.25. The Bertz CT molecular complexity index is 377. The topological polar surface area (TPSA) is 35.2 Å². The Morgan fingerprint density at radius 1 is 1.50 bits per heavy atom. The third kappa shape index (κ3) is 2.29. The molecular weight excluding hydrogens is 273 g/mol. The molecule has 1 aromatic carbocycles. The number of benzene rings is 1. The molecule has 0 bridgehead atoms. The van der Waals surface area contributed by atoms with Gasteiger partial charge in [-0.2, -0.15) is 0 Å². The Morgan fingerprint density at radius 2 is 2.31 bits per heavy atom. The van der Waals surface area contributed by atoms with Crippen LogP contribution in [0.4, 0.5) is 4.39 Å². The van der Waals surface area contributed by atoms with E-state index in [0.717, 1.165) is 25.0 Å². The van der Waals surface area contributed by atoms with Crippen LogP contribution in [0.5, 0.6) is 0 Å². The predicted octanol–water partition coefficient (Wildman–Crippen LogP) is 2.50. The molecule has 2 N–H and O–H groups in total. The van der Waals surface area contributed by atoms with Gasteiger partial charge in [0.15, 0.2) is 0 Å². The summed E-state index contributed by atoms with van der Waals surface area (Å²) in [6.45, 7) is 2.01. The molecule has 88 valence electrons. The number of ether oxygens (including phenoxy) is 1. The van der Waals surface area contributed by atoms with Crippen molar-refractivity contribution in [1.82, 2.24) is 0 Å². The third-order valence-electron chi connectivity index (χ3n) is 3.22. The molecule has 1 saturated heterocycles.